The zero-order valence-electron chi connectivity index (χ0n) is 13.5. The van der Waals surface area contributed by atoms with E-state index in [4.69, 9.17) is 4.74 Å². The molecule has 1 saturated heterocycles. The lowest BCUT2D eigenvalue weighted by Gasteiger charge is -2.17. The van der Waals surface area contributed by atoms with Crippen molar-refractivity contribution in [2.45, 2.75) is 26.3 Å². The Hall–Kier alpha value is -2.21. The summed E-state index contributed by atoms with van der Waals surface area (Å²) in [6, 6.07) is 3.51. The van der Waals surface area contributed by atoms with E-state index in [0.717, 1.165) is 25.9 Å². The first-order valence-electron chi connectivity index (χ1n) is 7.91. The zero-order valence-corrected chi connectivity index (χ0v) is 13.5. The third-order valence-electron chi connectivity index (χ3n) is 4.31. The molecule has 0 spiro atoms. The summed E-state index contributed by atoms with van der Waals surface area (Å²) in [6.45, 7) is 4.32. The second-order valence-electron chi connectivity index (χ2n) is 5.86. The number of nitrogens with zero attached hydrogens (tertiary/aromatic N) is 3. The quantitative estimate of drug-likeness (QED) is 0.859. The number of pyridine rings is 2. The standard InChI is InChI=1S/C17H21N3O3/c1-12-13(16(21)19-6-3-4-7-19)11-14-15(18-12)5-8-20(17(14)22)9-10-23-2/h5,8,11H,3-4,6-7,9-10H2,1-2H3. The smallest absolute Gasteiger partial charge is 0.260 e. The third-order valence-corrected chi connectivity index (χ3v) is 4.31. The van der Waals surface area contributed by atoms with Crippen LogP contribution in [0, 0.1) is 6.92 Å². The van der Waals surface area contributed by atoms with Crippen molar-refractivity contribution in [1.82, 2.24) is 14.5 Å². The molecule has 0 aliphatic carbocycles. The lowest BCUT2D eigenvalue weighted by atomic mass is 10.1. The fraction of sp³-hybridized carbons (Fsp3) is 0.471. The number of amides is 1. The normalized spacial score (nSPS) is 14.6. The maximum atomic E-state index is 12.6. The fourth-order valence-corrected chi connectivity index (χ4v) is 2.98. The first-order chi connectivity index (χ1) is 11.1. The Bertz CT molecular complexity index is 792. The summed E-state index contributed by atoms with van der Waals surface area (Å²) >= 11 is 0. The molecule has 0 bridgehead atoms. The second kappa shape index (κ2) is 6.50. The van der Waals surface area contributed by atoms with Gasteiger partial charge >= 0.3 is 0 Å². The van der Waals surface area contributed by atoms with Crippen molar-refractivity contribution < 1.29 is 9.53 Å². The minimum atomic E-state index is -0.137. The van der Waals surface area contributed by atoms with Gasteiger partial charge in [-0.2, -0.15) is 0 Å². The lowest BCUT2D eigenvalue weighted by Crippen LogP contribution is -2.29. The highest BCUT2D eigenvalue weighted by Crippen LogP contribution is 2.18. The highest BCUT2D eigenvalue weighted by atomic mass is 16.5. The van der Waals surface area contributed by atoms with Crippen LogP contribution in [0.3, 0.4) is 0 Å². The van der Waals surface area contributed by atoms with Gasteiger partial charge < -0.3 is 14.2 Å². The number of likely N-dealkylation sites (tertiary alicyclic amines) is 1. The zero-order chi connectivity index (χ0) is 16.4. The van der Waals surface area contributed by atoms with E-state index in [9.17, 15) is 9.59 Å². The molecule has 3 heterocycles. The molecule has 0 aromatic carbocycles. The fourth-order valence-electron chi connectivity index (χ4n) is 2.98. The van der Waals surface area contributed by atoms with E-state index in [0.29, 0.717) is 35.3 Å². The Morgan fingerprint density at radius 2 is 2.09 bits per heavy atom. The molecule has 0 saturated carbocycles. The molecule has 1 fully saturated rings. The van der Waals surface area contributed by atoms with E-state index < -0.39 is 0 Å². The Kier molecular flexibility index (Phi) is 4.43. The molecule has 1 aliphatic heterocycles. The molecule has 0 atom stereocenters. The summed E-state index contributed by atoms with van der Waals surface area (Å²) in [7, 11) is 1.60. The van der Waals surface area contributed by atoms with Crippen LogP contribution in [0.15, 0.2) is 23.1 Å². The molecule has 2 aromatic heterocycles. The number of fused-ring (bicyclic) bond motifs is 1. The molecule has 0 N–H and O–H groups in total. The van der Waals surface area contributed by atoms with Crippen LogP contribution in [-0.2, 0) is 11.3 Å². The number of hydrogen-bond donors (Lipinski definition) is 0. The summed E-state index contributed by atoms with van der Waals surface area (Å²) in [6.07, 6.45) is 3.79. The largest absolute Gasteiger partial charge is 0.383 e. The predicted octanol–water partition coefficient (Wildman–Crippen LogP) is 1.59. The molecule has 1 amide bonds. The maximum absolute atomic E-state index is 12.6. The van der Waals surface area contributed by atoms with Crippen molar-refractivity contribution in [2.24, 2.45) is 0 Å². The van der Waals surface area contributed by atoms with Gasteiger partial charge in [0.05, 0.1) is 28.8 Å². The SMILES string of the molecule is COCCn1ccc2nc(C)c(C(=O)N3CCCC3)cc2c1=O. The first kappa shape index (κ1) is 15.7. The van der Waals surface area contributed by atoms with Crippen LogP contribution in [0.4, 0.5) is 0 Å². The third kappa shape index (κ3) is 2.99. The van der Waals surface area contributed by atoms with Gasteiger partial charge in [0.1, 0.15) is 0 Å². The molecule has 0 radical (unpaired) electrons. The number of aromatic nitrogens is 2. The molecule has 6 heteroatoms. The van der Waals surface area contributed by atoms with Crippen LogP contribution >= 0.6 is 0 Å². The molecule has 0 unspecified atom stereocenters. The lowest BCUT2D eigenvalue weighted by molar-refractivity contribution is 0.0792. The summed E-state index contributed by atoms with van der Waals surface area (Å²) in [5, 5.41) is 0.483. The molecule has 1 aliphatic rings. The number of aryl methyl sites for hydroxylation is 1. The topological polar surface area (TPSA) is 64.4 Å². The number of carbonyl (C=O) groups excluding carboxylic acids is 1. The highest BCUT2D eigenvalue weighted by molar-refractivity contribution is 5.98. The summed E-state index contributed by atoms with van der Waals surface area (Å²) in [4.78, 5) is 31.5. The highest BCUT2D eigenvalue weighted by Gasteiger charge is 2.22. The minimum Gasteiger partial charge on any atom is -0.383 e. The Morgan fingerprint density at radius 1 is 1.35 bits per heavy atom. The molecule has 23 heavy (non-hydrogen) atoms. The molecular weight excluding hydrogens is 294 g/mol. The van der Waals surface area contributed by atoms with Gasteiger partial charge in [-0.05, 0) is 31.9 Å². The average Bonchev–Trinajstić information content (AvgIpc) is 3.08. The van der Waals surface area contributed by atoms with Crippen LogP contribution < -0.4 is 5.56 Å². The van der Waals surface area contributed by atoms with Gasteiger partial charge in [0.25, 0.3) is 11.5 Å². The van der Waals surface area contributed by atoms with Crippen molar-refractivity contribution in [3.63, 3.8) is 0 Å². The number of methoxy groups -OCH3 is 1. The van der Waals surface area contributed by atoms with Crippen molar-refractivity contribution in [2.75, 3.05) is 26.8 Å². The molecular formula is C17H21N3O3. The van der Waals surface area contributed by atoms with Crippen LogP contribution in [0.25, 0.3) is 10.9 Å². The molecule has 122 valence electrons. The summed E-state index contributed by atoms with van der Waals surface area (Å²) < 4.78 is 6.62. The summed E-state index contributed by atoms with van der Waals surface area (Å²) in [5.41, 5.74) is 1.69. The van der Waals surface area contributed by atoms with Crippen LogP contribution in [0.2, 0.25) is 0 Å². The number of carbonyl (C=O) groups is 1. The van der Waals surface area contributed by atoms with Crippen molar-refractivity contribution in [1.29, 1.82) is 0 Å². The van der Waals surface area contributed by atoms with Gasteiger partial charge in [-0.1, -0.05) is 0 Å². The van der Waals surface area contributed by atoms with Crippen molar-refractivity contribution in [3.8, 4) is 0 Å². The van der Waals surface area contributed by atoms with Gasteiger partial charge in [-0.3, -0.25) is 14.6 Å². The van der Waals surface area contributed by atoms with Crippen LogP contribution in [0.5, 0.6) is 0 Å². The first-order valence-corrected chi connectivity index (χ1v) is 7.91. The number of hydrogen-bond acceptors (Lipinski definition) is 4. The maximum Gasteiger partial charge on any atom is 0.260 e. The second-order valence-corrected chi connectivity index (χ2v) is 5.86. The van der Waals surface area contributed by atoms with E-state index in [-0.39, 0.29) is 11.5 Å². The Balaban J connectivity index is 2.05. The summed E-state index contributed by atoms with van der Waals surface area (Å²) in [5.74, 6) is -0.0268. The van der Waals surface area contributed by atoms with Gasteiger partial charge in [0.2, 0.25) is 0 Å². The Labute approximate surface area is 134 Å². The minimum absolute atomic E-state index is 0.0268. The van der Waals surface area contributed by atoms with Gasteiger partial charge in [0, 0.05) is 32.9 Å². The predicted molar refractivity (Wildman–Crippen MR) is 87.8 cm³/mol. The molecule has 6 nitrogen and oxygen atoms in total. The molecule has 2 aromatic rings. The number of rotatable bonds is 4. The van der Waals surface area contributed by atoms with E-state index in [1.165, 1.54) is 0 Å². The van der Waals surface area contributed by atoms with E-state index in [1.54, 1.807) is 23.9 Å². The van der Waals surface area contributed by atoms with Gasteiger partial charge in [-0.15, -0.1) is 0 Å². The van der Waals surface area contributed by atoms with Crippen LogP contribution in [0.1, 0.15) is 28.9 Å². The van der Waals surface area contributed by atoms with E-state index in [2.05, 4.69) is 4.98 Å². The van der Waals surface area contributed by atoms with E-state index >= 15 is 0 Å². The number of ether oxygens (including phenoxy) is 1. The van der Waals surface area contributed by atoms with Gasteiger partial charge in [0.15, 0.2) is 0 Å². The van der Waals surface area contributed by atoms with Crippen LogP contribution in [-0.4, -0.2) is 47.2 Å². The Morgan fingerprint density at radius 3 is 2.78 bits per heavy atom. The van der Waals surface area contributed by atoms with E-state index in [1.807, 2.05) is 17.9 Å². The van der Waals surface area contributed by atoms with Crippen molar-refractivity contribution >= 4 is 16.8 Å². The van der Waals surface area contributed by atoms with Crippen molar-refractivity contribution in [3.05, 3.63) is 39.9 Å². The molecule has 3 rings (SSSR count). The monoisotopic (exact) mass is 315 g/mol. The average molecular weight is 315 g/mol. The van der Waals surface area contributed by atoms with Gasteiger partial charge in [-0.25, -0.2) is 0 Å².